The van der Waals surface area contributed by atoms with E-state index in [4.69, 9.17) is 5.53 Å². The molecule has 0 radical (unpaired) electrons. The normalized spacial score (nSPS) is 15.3. The molecular formula is HN67V. The molecule has 0 saturated heterocycles. The Labute approximate surface area is 366 Å². The van der Waals surface area contributed by atoms with Crippen LogP contribution >= 0.6 is 0 Å². The average Bonchev–Trinajstić information content (AvgIpc) is 3.35. The Hall–Kier alpha value is -12.8. The number of nitrogens with one attached hydrogen (secondary N) is 1. The summed E-state index contributed by atoms with van der Waals surface area (Å²) in [6.07, 6.45) is 0. The van der Waals surface area contributed by atoms with Gasteiger partial charge in [-0.25, -0.2) is 0 Å². The average molecular weight is 990 g/mol. The van der Waals surface area contributed by atoms with Crippen molar-refractivity contribution in [3.63, 3.8) is 0 Å². The maximum absolute atomic E-state index is 6.26. The van der Waals surface area contributed by atoms with Crippen LogP contribution in [0.4, 0.5) is 0 Å². The van der Waals surface area contributed by atoms with E-state index in [9.17, 15) is 0 Å². The minimum atomic E-state index is 1.78. The molecule has 0 aromatic heterocycles. The van der Waals surface area contributed by atoms with E-state index in [1.165, 1.54) is 0 Å². The zero-order valence-corrected chi connectivity index (χ0v) is 31.9. The van der Waals surface area contributed by atoms with Gasteiger partial charge in [0.2, 0.25) is 0 Å². The van der Waals surface area contributed by atoms with Gasteiger partial charge >= 0.3 is 78.6 Å². The zero-order chi connectivity index (χ0) is 48.7. The van der Waals surface area contributed by atoms with E-state index in [2.05, 4.69) is 343 Å². The summed E-state index contributed by atoms with van der Waals surface area (Å²) in [5, 5.41) is 194. The van der Waals surface area contributed by atoms with Gasteiger partial charge in [-0.1, -0.05) is 0 Å². The molecule has 341 valence electrons. The van der Waals surface area contributed by atoms with Crippen LogP contribution in [0.1, 0.15) is 0 Å². The Morgan fingerprint density at radius 2 is 0.191 bits per heavy atom. The van der Waals surface area contributed by atoms with E-state index in [0.29, 0.717) is 0 Å². The predicted octanol–water partition coefficient (Wildman–Crippen LogP) is 12.4. The monoisotopic (exact) mass is 990 g/mol. The van der Waals surface area contributed by atoms with Crippen LogP contribution in [-0.2, 0) is 17.2 Å². The number of hydrogen-bond donors (Lipinski definition) is 1. The zero-order valence-electron chi connectivity index (χ0n) is 30.5. The molecule has 0 unspecified atom stereocenters. The molecule has 0 heterocycles. The second-order valence-corrected chi connectivity index (χ2v) is 6.19. The molecule has 68 heteroatoms. The molecular weight excluding hydrogens is 989 g/mol. The van der Waals surface area contributed by atoms with E-state index in [-0.39, 0.29) is 0 Å². The Balaban J connectivity index is 4.09. The van der Waals surface area contributed by atoms with Gasteiger partial charge in [0.15, 0.2) is 0 Å². The van der Waals surface area contributed by atoms with Crippen molar-refractivity contribution in [3.05, 3.63) is 0 Å². The summed E-state index contributed by atoms with van der Waals surface area (Å²) in [4.78, 5) is 0. The second kappa shape index (κ2) is 54.2. The third kappa shape index (κ3) is 53.2. The van der Waals surface area contributed by atoms with E-state index in [1.807, 2.05) is 0 Å². The molecule has 0 aliphatic carbocycles. The van der Waals surface area contributed by atoms with E-state index < -0.39 is 0 Å². The fraction of sp³-hybridized carbons (Fsp3) is 0. The molecule has 0 aliphatic rings. The van der Waals surface area contributed by atoms with Crippen molar-refractivity contribution in [3.8, 4) is 0 Å². The van der Waals surface area contributed by atoms with E-state index in [1.54, 1.807) is 17.2 Å². The number of rotatable bonds is 33. The summed E-state index contributed by atoms with van der Waals surface area (Å²) in [5.41, 5.74) is 6.26. The van der Waals surface area contributed by atoms with Crippen LogP contribution in [0.5, 0.6) is 0 Å². The van der Waals surface area contributed by atoms with Gasteiger partial charge < -0.3 is 0 Å². The first kappa shape index (κ1) is 55.2. The topological polar surface area (TPSA) is 840 Å². The van der Waals surface area contributed by atoms with Crippen LogP contribution in [0.2, 0.25) is 0 Å². The molecule has 68 heavy (non-hydrogen) atoms. The summed E-state index contributed by atoms with van der Waals surface area (Å²) in [7, 11) is 0. The molecule has 0 fully saturated rings. The Morgan fingerprint density at radius 3 is 0.265 bits per heavy atom. The molecule has 0 aromatic rings. The molecule has 0 amide bonds. The standard InChI is InChI=1S/HN67.V/c1-3-5-7-9-11-13-15-17-19-21-23-25-27-29-31-33-35-37-39-41-43-45-47-49-51-53-55-57-59-61-63-65-67-66-64-62-60-58-56-54-52-50-48-46-44-42-40-38-36-34-32-30-28-26-24-22-20-18-16-14-12-10-8-6-4-2;/h1H;/b3-1?,6-4+,7-5+,10-8+,11-9+,14-12+,15-13+,18-16+,19-17+,22-20+,23-21+,26-24+,27-25+,30-28+,31-29+,34-32+,35-33+,38-36+,39-37+,42-40+,43-41+,46-44+,47-45+,50-48+,51-49+,54-52+,55-53+,58-56+,59-57+,62-60+,63-61+,66-64+,67-65+;. The third-order valence-corrected chi connectivity index (χ3v) is 2.73. The van der Waals surface area contributed by atoms with Crippen molar-refractivity contribution in [1.82, 2.24) is 0 Å². The summed E-state index contributed by atoms with van der Waals surface area (Å²) < 4.78 is 3.19. The van der Waals surface area contributed by atoms with Gasteiger partial charge in [-0.3, -0.25) is 0 Å². The molecule has 0 atom stereocenters. The Bertz CT molecular complexity index is 2160. The Morgan fingerprint density at radius 1 is 0.118 bits per heavy atom. The minimum absolute atomic E-state index is 1.78. The molecule has 0 aromatic carbocycles. The van der Waals surface area contributed by atoms with Crippen molar-refractivity contribution < 1.29 is 17.2 Å². The number of hydrogen-bond acceptors (Lipinski definition) is 2. The van der Waals surface area contributed by atoms with Gasteiger partial charge in [0.05, 0.1) is 0 Å². The first-order valence-electron chi connectivity index (χ1n) is 13.4. The molecule has 1 N–H and O–H groups in total. The van der Waals surface area contributed by atoms with Crippen molar-refractivity contribution >= 4 is 0 Å². The van der Waals surface area contributed by atoms with Crippen LogP contribution in [0.25, 0.3) is 0 Å². The fourth-order valence-electron chi connectivity index (χ4n) is 1.15. The van der Waals surface area contributed by atoms with Crippen molar-refractivity contribution in [2.75, 3.05) is 0 Å². The van der Waals surface area contributed by atoms with E-state index >= 15 is 0 Å². The quantitative estimate of drug-likeness (QED) is 0.0473. The van der Waals surface area contributed by atoms with Gasteiger partial charge in [-0.15, -0.1) is 0 Å². The molecule has 0 rings (SSSR count). The van der Waals surface area contributed by atoms with Crippen LogP contribution < -0.4 is 0 Å². The van der Waals surface area contributed by atoms with Gasteiger partial charge in [0, 0.05) is 240 Å². The molecule has 0 saturated carbocycles. The first-order valence-corrected chi connectivity index (χ1v) is 14.0. The van der Waals surface area contributed by atoms with Crippen LogP contribution in [0, 0.1) is 5.53 Å². The molecule has 67 nitrogen and oxygen atoms in total. The first-order chi connectivity index (χ1) is 33.9. The van der Waals surface area contributed by atoms with E-state index in [0.717, 1.165) is 0 Å². The van der Waals surface area contributed by atoms with Gasteiger partial charge in [-0.05, 0) is 41.8 Å². The summed E-state index contributed by atoms with van der Waals surface area (Å²) >= 11 is 1.78. The van der Waals surface area contributed by atoms with Crippen molar-refractivity contribution in [1.29, 1.82) is 5.53 Å². The van der Waals surface area contributed by atoms with Crippen molar-refractivity contribution in [2.24, 2.45) is 343 Å². The predicted molar refractivity (Wildman–Crippen MR) is 163 cm³/mol. The molecule has 0 aliphatic heterocycles. The summed E-state index contributed by atoms with van der Waals surface area (Å²) in [6, 6.07) is 0. The van der Waals surface area contributed by atoms with Crippen LogP contribution in [0.3, 0.4) is 0 Å². The summed E-state index contributed by atoms with van der Waals surface area (Å²) in [6.45, 7) is 0. The Kier molecular flexibility index (Phi) is 44.0. The summed E-state index contributed by atoms with van der Waals surface area (Å²) in [5.74, 6) is 0. The SMILES string of the molecule is N=N/N=N/N=N/N=N/N=N/N=N/N=N/N=N/N=N/N=N/N=N/N=N/N=N/N=N/N=N/N=N/N=N/N=N/N=N/N=N/N=N/N=N/N=N/N=N/N=N/N=N/N=N/N=N/N=N/N=N/N=N/N=N/N=N/[N]=[V]. The van der Waals surface area contributed by atoms with Crippen LogP contribution in [-0.4, -0.2) is 0 Å². The number of nitrogens with zero attached hydrogens (tertiary/aromatic N) is 66. The molecule has 0 bridgehead atoms. The second-order valence-electron chi connectivity index (χ2n) is 5.91. The molecule has 0 spiro atoms. The van der Waals surface area contributed by atoms with Gasteiger partial charge in [0.25, 0.3) is 0 Å². The van der Waals surface area contributed by atoms with Gasteiger partial charge in [0.1, 0.15) is 0 Å². The third-order valence-electron chi connectivity index (χ3n) is 2.60. The fourth-order valence-corrected chi connectivity index (χ4v) is 1.20. The van der Waals surface area contributed by atoms with Gasteiger partial charge in [-0.2, -0.15) is 5.53 Å². The maximum atomic E-state index is 6.26. The van der Waals surface area contributed by atoms with Crippen LogP contribution in [0.15, 0.2) is 343 Å². The van der Waals surface area contributed by atoms with Crippen molar-refractivity contribution in [2.45, 2.75) is 0 Å².